The summed E-state index contributed by atoms with van der Waals surface area (Å²) in [4.78, 5) is 4.25. The third kappa shape index (κ3) is 2.46. The van der Waals surface area contributed by atoms with Crippen LogP contribution in [0.5, 0.6) is 0 Å². The molecule has 1 saturated carbocycles. The van der Waals surface area contributed by atoms with Gasteiger partial charge in [-0.05, 0) is 31.7 Å². The minimum Gasteiger partial charge on any atom is -0.336 e. The van der Waals surface area contributed by atoms with Crippen molar-refractivity contribution in [2.24, 2.45) is 13.0 Å². The van der Waals surface area contributed by atoms with Crippen molar-refractivity contribution in [2.75, 3.05) is 6.54 Å². The smallest absolute Gasteiger partial charge is 0.0946 e. The van der Waals surface area contributed by atoms with Gasteiger partial charge in [0.2, 0.25) is 0 Å². The van der Waals surface area contributed by atoms with E-state index >= 15 is 0 Å². The van der Waals surface area contributed by atoms with Gasteiger partial charge in [-0.15, -0.1) is 0 Å². The number of rotatable bonds is 5. The Morgan fingerprint density at radius 3 is 2.81 bits per heavy atom. The van der Waals surface area contributed by atoms with Crippen LogP contribution in [0.25, 0.3) is 0 Å². The molecule has 1 aromatic rings. The number of aryl methyl sites for hydroxylation is 1. The summed E-state index contributed by atoms with van der Waals surface area (Å²) in [5, 5.41) is 3.69. The molecule has 0 bridgehead atoms. The Hall–Kier alpha value is -0.830. The second-order valence-electron chi connectivity index (χ2n) is 4.91. The second-order valence-corrected chi connectivity index (χ2v) is 4.91. The summed E-state index contributed by atoms with van der Waals surface area (Å²) in [5.41, 5.74) is 1.35. The molecule has 90 valence electrons. The Bertz CT molecular complexity index is 313. The van der Waals surface area contributed by atoms with Crippen molar-refractivity contribution in [3.05, 3.63) is 18.2 Å². The van der Waals surface area contributed by atoms with E-state index in [2.05, 4.69) is 28.8 Å². The lowest BCUT2D eigenvalue weighted by Gasteiger charge is -2.25. The third-order valence-corrected chi connectivity index (χ3v) is 3.66. The van der Waals surface area contributed by atoms with Crippen molar-refractivity contribution in [3.8, 4) is 0 Å². The lowest BCUT2D eigenvalue weighted by molar-refractivity contribution is 0.355. The molecule has 3 nitrogen and oxygen atoms in total. The fourth-order valence-electron chi connectivity index (χ4n) is 2.77. The fraction of sp³-hybridized carbons (Fsp3) is 0.769. The molecule has 1 aliphatic carbocycles. The first-order chi connectivity index (χ1) is 7.83. The molecule has 0 aromatic carbocycles. The van der Waals surface area contributed by atoms with Gasteiger partial charge in [0.05, 0.1) is 18.1 Å². The maximum absolute atomic E-state index is 4.25. The van der Waals surface area contributed by atoms with Crippen LogP contribution in [0.1, 0.15) is 50.8 Å². The van der Waals surface area contributed by atoms with Gasteiger partial charge in [-0.3, -0.25) is 0 Å². The van der Waals surface area contributed by atoms with Crippen LogP contribution in [-0.2, 0) is 7.05 Å². The summed E-state index contributed by atoms with van der Waals surface area (Å²) >= 11 is 0. The highest BCUT2D eigenvalue weighted by atomic mass is 15.1. The minimum absolute atomic E-state index is 0.509. The maximum atomic E-state index is 4.25. The van der Waals surface area contributed by atoms with Gasteiger partial charge in [0.1, 0.15) is 0 Å². The second kappa shape index (κ2) is 5.48. The van der Waals surface area contributed by atoms with E-state index in [4.69, 9.17) is 0 Å². The molecule has 16 heavy (non-hydrogen) atoms. The molecule has 1 heterocycles. The highest BCUT2D eigenvalue weighted by Gasteiger charge is 2.27. The van der Waals surface area contributed by atoms with Gasteiger partial charge in [0, 0.05) is 13.2 Å². The first-order valence-corrected chi connectivity index (χ1v) is 6.52. The average Bonchev–Trinajstić information content (AvgIpc) is 2.91. The molecule has 0 spiro atoms. The number of hydrogen-bond donors (Lipinski definition) is 1. The van der Waals surface area contributed by atoms with Crippen molar-refractivity contribution in [3.63, 3.8) is 0 Å². The van der Waals surface area contributed by atoms with Crippen LogP contribution >= 0.6 is 0 Å². The van der Waals surface area contributed by atoms with Gasteiger partial charge in [0.15, 0.2) is 0 Å². The molecule has 1 fully saturated rings. The van der Waals surface area contributed by atoms with E-state index in [1.165, 1.54) is 37.8 Å². The zero-order valence-corrected chi connectivity index (χ0v) is 10.4. The Morgan fingerprint density at radius 1 is 1.50 bits per heavy atom. The van der Waals surface area contributed by atoms with Crippen molar-refractivity contribution >= 4 is 0 Å². The Labute approximate surface area is 98.3 Å². The van der Waals surface area contributed by atoms with Gasteiger partial charge in [0.25, 0.3) is 0 Å². The topological polar surface area (TPSA) is 29.9 Å². The van der Waals surface area contributed by atoms with E-state index in [0.717, 1.165) is 12.5 Å². The lowest BCUT2D eigenvalue weighted by atomic mass is 9.95. The molecule has 0 saturated heterocycles. The number of nitrogens with zero attached hydrogens (tertiary/aromatic N) is 2. The molecule has 1 unspecified atom stereocenters. The molecule has 0 aliphatic heterocycles. The van der Waals surface area contributed by atoms with E-state index < -0.39 is 0 Å². The Morgan fingerprint density at radius 2 is 2.25 bits per heavy atom. The zero-order valence-electron chi connectivity index (χ0n) is 10.4. The van der Waals surface area contributed by atoms with Crippen LogP contribution in [0.3, 0.4) is 0 Å². The van der Waals surface area contributed by atoms with Crippen molar-refractivity contribution in [2.45, 2.75) is 45.1 Å². The van der Waals surface area contributed by atoms with Crippen LogP contribution in [0, 0.1) is 5.92 Å². The van der Waals surface area contributed by atoms with Crippen LogP contribution in [0.4, 0.5) is 0 Å². The highest BCUT2D eigenvalue weighted by Crippen LogP contribution is 2.35. The van der Waals surface area contributed by atoms with E-state index in [0.29, 0.717) is 6.04 Å². The van der Waals surface area contributed by atoms with E-state index in [9.17, 15) is 0 Å². The minimum atomic E-state index is 0.509. The highest BCUT2D eigenvalue weighted by molar-refractivity contribution is 5.07. The number of hydrogen-bond acceptors (Lipinski definition) is 2. The van der Waals surface area contributed by atoms with Gasteiger partial charge in [-0.1, -0.05) is 19.8 Å². The molecule has 1 atom stereocenters. The van der Waals surface area contributed by atoms with E-state index in [1.54, 1.807) is 0 Å². The van der Waals surface area contributed by atoms with Crippen LogP contribution in [-0.4, -0.2) is 16.1 Å². The van der Waals surface area contributed by atoms with Crippen molar-refractivity contribution < 1.29 is 0 Å². The Balaban J connectivity index is 2.10. The van der Waals surface area contributed by atoms with Crippen LogP contribution in [0.2, 0.25) is 0 Å². The summed E-state index contributed by atoms with van der Waals surface area (Å²) in [5.74, 6) is 0.807. The lowest BCUT2D eigenvalue weighted by Crippen LogP contribution is -2.29. The monoisotopic (exact) mass is 221 g/mol. The Kier molecular flexibility index (Phi) is 3.99. The zero-order chi connectivity index (χ0) is 11.4. The number of aromatic nitrogens is 2. The predicted molar refractivity (Wildman–Crippen MR) is 66.2 cm³/mol. The van der Waals surface area contributed by atoms with Crippen LogP contribution in [0.15, 0.2) is 12.5 Å². The summed E-state index contributed by atoms with van der Waals surface area (Å²) in [6.45, 7) is 3.33. The van der Waals surface area contributed by atoms with E-state index in [1.807, 2.05) is 12.5 Å². The molecule has 1 N–H and O–H groups in total. The predicted octanol–water partition coefficient (Wildman–Crippen LogP) is 2.65. The molecule has 0 radical (unpaired) electrons. The first-order valence-electron chi connectivity index (χ1n) is 6.52. The molecule has 0 amide bonds. The quantitative estimate of drug-likeness (QED) is 0.828. The van der Waals surface area contributed by atoms with Crippen molar-refractivity contribution in [1.82, 2.24) is 14.9 Å². The molecule has 1 aromatic heterocycles. The van der Waals surface area contributed by atoms with Gasteiger partial charge in [-0.2, -0.15) is 0 Å². The largest absolute Gasteiger partial charge is 0.336 e. The standard InChI is InChI=1S/C13H23N3/c1-3-8-15-13(11-6-4-5-7-11)12-9-14-10-16(12)2/h9-11,13,15H,3-8H2,1-2H3. The maximum Gasteiger partial charge on any atom is 0.0946 e. The molecule has 2 rings (SSSR count). The summed E-state index contributed by atoms with van der Waals surface area (Å²) in [7, 11) is 2.10. The van der Waals surface area contributed by atoms with Crippen LogP contribution < -0.4 is 5.32 Å². The van der Waals surface area contributed by atoms with E-state index in [-0.39, 0.29) is 0 Å². The normalized spacial score (nSPS) is 19.1. The molecular formula is C13H23N3. The number of nitrogens with one attached hydrogen (secondary N) is 1. The number of imidazole rings is 1. The van der Waals surface area contributed by atoms with Gasteiger partial charge in [-0.25, -0.2) is 4.98 Å². The summed E-state index contributed by atoms with van der Waals surface area (Å²) < 4.78 is 2.16. The van der Waals surface area contributed by atoms with Crippen molar-refractivity contribution in [1.29, 1.82) is 0 Å². The summed E-state index contributed by atoms with van der Waals surface area (Å²) in [6, 6.07) is 0.509. The SMILES string of the molecule is CCCNC(c1cncn1C)C1CCCC1. The van der Waals surface area contributed by atoms with Gasteiger partial charge < -0.3 is 9.88 Å². The average molecular weight is 221 g/mol. The first kappa shape index (κ1) is 11.6. The third-order valence-electron chi connectivity index (χ3n) is 3.66. The van der Waals surface area contributed by atoms with Gasteiger partial charge >= 0.3 is 0 Å². The molecule has 1 aliphatic rings. The summed E-state index contributed by atoms with van der Waals surface area (Å²) in [6.07, 6.45) is 10.6. The molecule has 3 heteroatoms. The molecular weight excluding hydrogens is 198 g/mol. The fourth-order valence-corrected chi connectivity index (χ4v) is 2.77.